The second-order valence-corrected chi connectivity index (χ2v) is 4.97. The number of hydrogen-bond donors (Lipinski definition) is 4. The Balaban J connectivity index is 2.53. The average Bonchev–Trinajstić information content (AvgIpc) is 2.23. The van der Waals surface area contributed by atoms with Crippen molar-refractivity contribution < 1.29 is 24.2 Å². The molecule has 0 fully saturated rings. The first-order valence-electron chi connectivity index (χ1n) is 5.63. The largest absolute Gasteiger partial charge is 0.481 e. The van der Waals surface area contributed by atoms with Crippen LogP contribution in [0, 0.1) is 5.82 Å². The zero-order valence-corrected chi connectivity index (χ0v) is 11.4. The summed E-state index contributed by atoms with van der Waals surface area (Å²) in [5.41, 5.74) is -1.44. The third-order valence-electron chi connectivity index (χ3n) is 2.28. The Kier molecular flexibility index (Phi) is 5.29. The number of halogens is 2. The van der Waals surface area contributed by atoms with Crippen molar-refractivity contribution in [1.82, 2.24) is 5.32 Å². The van der Waals surface area contributed by atoms with Crippen molar-refractivity contribution in [2.24, 2.45) is 0 Å². The van der Waals surface area contributed by atoms with Crippen LogP contribution in [0.3, 0.4) is 0 Å². The molecule has 0 saturated carbocycles. The minimum Gasteiger partial charge on any atom is -0.481 e. The van der Waals surface area contributed by atoms with E-state index in [0.29, 0.717) is 0 Å². The van der Waals surface area contributed by atoms with Gasteiger partial charge in [-0.1, -0.05) is 11.6 Å². The van der Waals surface area contributed by atoms with Crippen molar-refractivity contribution >= 4 is 29.3 Å². The number of amides is 2. The molecule has 0 aliphatic rings. The third kappa shape index (κ3) is 5.85. The minimum absolute atomic E-state index is 0.123. The van der Waals surface area contributed by atoms with Gasteiger partial charge in [-0.3, -0.25) is 4.79 Å². The van der Waals surface area contributed by atoms with Crippen LogP contribution in [0.15, 0.2) is 18.2 Å². The molecule has 0 spiro atoms. The van der Waals surface area contributed by atoms with Crippen molar-refractivity contribution in [1.29, 1.82) is 0 Å². The van der Waals surface area contributed by atoms with Gasteiger partial charge in [0.05, 0.1) is 12.0 Å². The highest BCUT2D eigenvalue weighted by atomic mass is 35.5. The zero-order chi connectivity index (χ0) is 15.3. The summed E-state index contributed by atoms with van der Waals surface area (Å²) in [6.45, 7) is 1.01. The fourth-order valence-corrected chi connectivity index (χ4v) is 1.68. The highest BCUT2D eigenvalue weighted by molar-refractivity contribution is 6.30. The first kappa shape index (κ1) is 16.2. The number of carboxylic acid groups (broad SMARTS) is 1. The van der Waals surface area contributed by atoms with E-state index in [1.807, 2.05) is 0 Å². The van der Waals surface area contributed by atoms with Crippen molar-refractivity contribution in [3.63, 3.8) is 0 Å². The van der Waals surface area contributed by atoms with E-state index in [9.17, 15) is 19.1 Å². The number of benzene rings is 1. The standard InChI is InChI=1S/C12H14ClFN2O4/c1-12(20,5-10(17)18)6-15-11(19)16-9-3-7(13)2-8(14)4-9/h2-4,20H,5-6H2,1H3,(H,17,18)(H2,15,16,19). The highest BCUT2D eigenvalue weighted by Crippen LogP contribution is 2.18. The molecule has 1 unspecified atom stereocenters. The molecule has 8 heteroatoms. The summed E-state index contributed by atoms with van der Waals surface area (Å²) >= 11 is 5.62. The van der Waals surface area contributed by atoms with Crippen LogP contribution in [0.4, 0.5) is 14.9 Å². The Hall–Kier alpha value is -1.86. The van der Waals surface area contributed by atoms with Gasteiger partial charge in [0.1, 0.15) is 5.82 Å². The molecule has 1 aromatic carbocycles. The Morgan fingerprint density at radius 2 is 2.05 bits per heavy atom. The first-order valence-corrected chi connectivity index (χ1v) is 6.01. The number of urea groups is 1. The predicted octanol–water partition coefficient (Wildman–Crippen LogP) is 1.83. The van der Waals surface area contributed by atoms with E-state index in [1.165, 1.54) is 13.0 Å². The fourth-order valence-electron chi connectivity index (χ4n) is 1.46. The lowest BCUT2D eigenvalue weighted by Gasteiger charge is -2.21. The Labute approximate surface area is 119 Å². The monoisotopic (exact) mass is 304 g/mol. The van der Waals surface area contributed by atoms with Crippen molar-refractivity contribution in [2.75, 3.05) is 11.9 Å². The number of aliphatic hydroxyl groups is 1. The van der Waals surface area contributed by atoms with E-state index in [1.54, 1.807) is 0 Å². The van der Waals surface area contributed by atoms with E-state index in [2.05, 4.69) is 10.6 Å². The zero-order valence-electron chi connectivity index (χ0n) is 10.6. The molecule has 0 heterocycles. The topological polar surface area (TPSA) is 98.7 Å². The molecule has 0 aliphatic heterocycles. The number of nitrogens with one attached hydrogen (secondary N) is 2. The maximum atomic E-state index is 13.0. The van der Waals surface area contributed by atoms with Gasteiger partial charge < -0.3 is 20.8 Å². The molecular weight excluding hydrogens is 291 g/mol. The Morgan fingerprint density at radius 1 is 1.40 bits per heavy atom. The van der Waals surface area contributed by atoms with E-state index < -0.39 is 29.8 Å². The predicted molar refractivity (Wildman–Crippen MR) is 71.3 cm³/mol. The molecule has 0 saturated heterocycles. The van der Waals surface area contributed by atoms with Crippen LogP contribution >= 0.6 is 11.6 Å². The van der Waals surface area contributed by atoms with E-state index in [-0.39, 0.29) is 17.3 Å². The number of carboxylic acids is 1. The van der Waals surface area contributed by atoms with Gasteiger partial charge in [0.25, 0.3) is 0 Å². The van der Waals surface area contributed by atoms with Gasteiger partial charge in [-0.05, 0) is 25.1 Å². The van der Waals surface area contributed by atoms with Crippen LogP contribution in [0.25, 0.3) is 0 Å². The molecule has 0 radical (unpaired) electrons. The molecule has 6 nitrogen and oxygen atoms in total. The highest BCUT2D eigenvalue weighted by Gasteiger charge is 2.24. The molecule has 1 atom stereocenters. The third-order valence-corrected chi connectivity index (χ3v) is 2.50. The van der Waals surface area contributed by atoms with Crippen LogP contribution in [-0.4, -0.2) is 34.4 Å². The van der Waals surface area contributed by atoms with Gasteiger partial charge in [-0.2, -0.15) is 0 Å². The molecule has 4 N–H and O–H groups in total. The molecule has 0 aromatic heterocycles. The van der Waals surface area contributed by atoms with Crippen molar-refractivity contribution in [2.45, 2.75) is 18.9 Å². The molecule has 0 aliphatic carbocycles. The summed E-state index contributed by atoms with van der Waals surface area (Å²) in [6, 6.07) is 2.79. The van der Waals surface area contributed by atoms with Gasteiger partial charge in [0.2, 0.25) is 0 Å². The van der Waals surface area contributed by atoms with E-state index >= 15 is 0 Å². The average molecular weight is 305 g/mol. The number of anilines is 1. The molecule has 1 rings (SSSR count). The van der Waals surface area contributed by atoms with Crippen molar-refractivity contribution in [3.05, 3.63) is 29.0 Å². The molecule has 2 amide bonds. The minimum atomic E-state index is -1.58. The Bertz CT molecular complexity index is 502. The molecular formula is C12H14ClFN2O4. The summed E-state index contributed by atoms with van der Waals surface area (Å²) in [5, 5.41) is 23.0. The molecule has 20 heavy (non-hydrogen) atoms. The smallest absolute Gasteiger partial charge is 0.319 e. The SMILES string of the molecule is CC(O)(CNC(=O)Nc1cc(F)cc(Cl)c1)CC(=O)O. The number of carbonyl (C=O) groups excluding carboxylic acids is 1. The van der Waals surface area contributed by atoms with Gasteiger partial charge >= 0.3 is 12.0 Å². The summed E-state index contributed by atoms with van der Waals surface area (Å²) in [4.78, 5) is 22.0. The number of hydrogen-bond acceptors (Lipinski definition) is 3. The summed E-state index contributed by atoms with van der Waals surface area (Å²) in [5.74, 6) is -1.79. The van der Waals surface area contributed by atoms with Gasteiger partial charge in [0.15, 0.2) is 0 Å². The summed E-state index contributed by atoms with van der Waals surface area (Å²) in [6.07, 6.45) is -0.515. The van der Waals surface area contributed by atoms with Crippen LogP contribution in [0.2, 0.25) is 5.02 Å². The van der Waals surface area contributed by atoms with E-state index in [4.69, 9.17) is 16.7 Å². The number of aliphatic carboxylic acids is 1. The van der Waals surface area contributed by atoms with Crippen LogP contribution in [0.1, 0.15) is 13.3 Å². The van der Waals surface area contributed by atoms with E-state index in [0.717, 1.165) is 12.1 Å². The first-order chi connectivity index (χ1) is 9.18. The van der Waals surface area contributed by atoms with Gasteiger partial charge in [-0.15, -0.1) is 0 Å². The Morgan fingerprint density at radius 3 is 2.60 bits per heavy atom. The quantitative estimate of drug-likeness (QED) is 0.667. The lowest BCUT2D eigenvalue weighted by atomic mass is 10.0. The molecule has 1 aromatic rings. The van der Waals surface area contributed by atoms with Gasteiger partial charge in [0, 0.05) is 17.3 Å². The maximum Gasteiger partial charge on any atom is 0.319 e. The normalized spacial score (nSPS) is 13.4. The van der Waals surface area contributed by atoms with Gasteiger partial charge in [-0.25, -0.2) is 9.18 Å². The number of rotatable bonds is 5. The second kappa shape index (κ2) is 6.53. The number of carbonyl (C=O) groups is 2. The second-order valence-electron chi connectivity index (χ2n) is 4.53. The fraction of sp³-hybridized carbons (Fsp3) is 0.333. The lowest BCUT2D eigenvalue weighted by Crippen LogP contribution is -2.43. The summed E-state index contributed by atoms with van der Waals surface area (Å²) < 4.78 is 13.0. The maximum absolute atomic E-state index is 13.0. The van der Waals surface area contributed by atoms with Crippen LogP contribution in [0.5, 0.6) is 0 Å². The lowest BCUT2D eigenvalue weighted by molar-refractivity contribution is -0.141. The molecule has 0 bridgehead atoms. The molecule has 110 valence electrons. The summed E-state index contributed by atoms with van der Waals surface area (Å²) in [7, 11) is 0. The van der Waals surface area contributed by atoms with Crippen molar-refractivity contribution in [3.8, 4) is 0 Å². The van der Waals surface area contributed by atoms with Crippen LogP contribution in [-0.2, 0) is 4.79 Å². The van der Waals surface area contributed by atoms with Crippen LogP contribution < -0.4 is 10.6 Å².